The Morgan fingerprint density at radius 1 is 1.22 bits per heavy atom. The van der Waals surface area contributed by atoms with Gasteiger partial charge in [-0.1, -0.05) is 30.3 Å². The highest BCUT2D eigenvalue weighted by Gasteiger charge is 2.21. The Balaban J connectivity index is 1.93. The van der Waals surface area contributed by atoms with Crippen molar-refractivity contribution in [1.82, 2.24) is 15.0 Å². The van der Waals surface area contributed by atoms with E-state index >= 15 is 0 Å². The molecule has 0 aliphatic rings. The van der Waals surface area contributed by atoms with Gasteiger partial charge >= 0.3 is 5.97 Å². The van der Waals surface area contributed by atoms with Crippen LogP contribution in [0.25, 0.3) is 11.2 Å². The number of hydrogen-bond acceptors (Lipinski definition) is 6. The third-order valence-electron chi connectivity index (χ3n) is 3.37. The predicted octanol–water partition coefficient (Wildman–Crippen LogP) is 2.34. The van der Waals surface area contributed by atoms with Crippen LogP contribution in [-0.2, 0) is 11.2 Å². The Labute approximate surface area is 132 Å². The molecule has 23 heavy (non-hydrogen) atoms. The highest BCUT2D eigenvalue weighted by atomic mass is 16.4. The average Bonchev–Trinajstić information content (AvgIpc) is 2.87. The molecule has 0 spiro atoms. The quantitative estimate of drug-likeness (QED) is 0.745. The van der Waals surface area contributed by atoms with Crippen LogP contribution in [0, 0.1) is 13.8 Å². The minimum absolute atomic E-state index is 0.331. The summed E-state index contributed by atoms with van der Waals surface area (Å²) in [4.78, 5) is 24.2. The third kappa shape index (κ3) is 3.28. The van der Waals surface area contributed by atoms with E-state index in [1.165, 1.54) is 0 Å². The van der Waals surface area contributed by atoms with E-state index in [0.29, 0.717) is 35.2 Å². The van der Waals surface area contributed by atoms with Crippen molar-refractivity contribution >= 4 is 23.0 Å². The van der Waals surface area contributed by atoms with Gasteiger partial charge < -0.3 is 14.8 Å². The molecule has 0 saturated carbocycles. The zero-order valence-corrected chi connectivity index (χ0v) is 12.8. The van der Waals surface area contributed by atoms with Crippen LogP contribution in [0.5, 0.6) is 0 Å². The van der Waals surface area contributed by atoms with Crippen molar-refractivity contribution in [3.63, 3.8) is 0 Å². The van der Waals surface area contributed by atoms with E-state index in [-0.39, 0.29) is 0 Å². The van der Waals surface area contributed by atoms with Crippen LogP contribution < -0.4 is 5.32 Å². The number of nitrogens with zero attached hydrogens (tertiary/aromatic N) is 3. The van der Waals surface area contributed by atoms with Crippen molar-refractivity contribution in [3.8, 4) is 0 Å². The van der Waals surface area contributed by atoms with E-state index in [4.69, 9.17) is 4.42 Å². The summed E-state index contributed by atoms with van der Waals surface area (Å²) in [5, 5.41) is 12.4. The van der Waals surface area contributed by atoms with E-state index < -0.39 is 12.0 Å². The maximum Gasteiger partial charge on any atom is 0.326 e. The van der Waals surface area contributed by atoms with Gasteiger partial charge in [-0.25, -0.2) is 14.8 Å². The highest BCUT2D eigenvalue weighted by Crippen LogP contribution is 2.21. The first-order valence-electron chi connectivity index (χ1n) is 7.18. The van der Waals surface area contributed by atoms with Gasteiger partial charge in [0.2, 0.25) is 0 Å². The topological polar surface area (TPSA) is 101 Å². The molecule has 0 fully saturated rings. The lowest BCUT2D eigenvalue weighted by molar-refractivity contribution is -0.137. The first kappa shape index (κ1) is 15.0. The minimum Gasteiger partial charge on any atom is -0.480 e. The molecule has 2 N–H and O–H groups in total. The summed E-state index contributed by atoms with van der Waals surface area (Å²) in [6, 6.07) is 8.59. The molecule has 7 nitrogen and oxygen atoms in total. The molecule has 1 aromatic carbocycles. The second kappa shape index (κ2) is 6.04. The van der Waals surface area contributed by atoms with Gasteiger partial charge in [0.1, 0.15) is 11.9 Å². The van der Waals surface area contributed by atoms with Crippen LogP contribution in [0.2, 0.25) is 0 Å². The molecule has 0 aliphatic heterocycles. The number of carboxylic acids is 1. The molecule has 3 rings (SSSR count). The Hall–Kier alpha value is -2.96. The number of carbonyl (C=O) groups is 1. The highest BCUT2D eigenvalue weighted by molar-refractivity contribution is 5.85. The van der Waals surface area contributed by atoms with Gasteiger partial charge in [0.05, 0.1) is 0 Å². The molecule has 0 aliphatic carbocycles. The van der Waals surface area contributed by atoms with E-state index in [1.54, 1.807) is 13.8 Å². The summed E-state index contributed by atoms with van der Waals surface area (Å²) in [5.74, 6) is 0.351. The lowest BCUT2D eigenvalue weighted by Gasteiger charge is -2.15. The summed E-state index contributed by atoms with van der Waals surface area (Å²) in [5.41, 5.74) is 1.71. The number of fused-ring (bicyclic) bond motifs is 1. The van der Waals surface area contributed by atoms with Crippen LogP contribution in [-0.4, -0.2) is 32.1 Å². The van der Waals surface area contributed by atoms with Gasteiger partial charge in [-0.05, 0) is 12.5 Å². The zero-order chi connectivity index (χ0) is 16.4. The average molecular weight is 312 g/mol. The van der Waals surface area contributed by atoms with Crippen LogP contribution in [0.4, 0.5) is 5.82 Å². The van der Waals surface area contributed by atoms with Crippen molar-refractivity contribution < 1.29 is 14.3 Å². The maximum absolute atomic E-state index is 11.6. The van der Waals surface area contributed by atoms with E-state index in [9.17, 15) is 9.90 Å². The van der Waals surface area contributed by atoms with Gasteiger partial charge in [-0.2, -0.15) is 4.98 Å². The monoisotopic (exact) mass is 312 g/mol. The second-order valence-corrected chi connectivity index (χ2v) is 5.23. The molecule has 0 saturated heterocycles. The molecule has 2 heterocycles. The number of carboxylic acid groups (broad SMARTS) is 1. The number of anilines is 1. The molecule has 0 amide bonds. The molecule has 118 valence electrons. The number of aromatic nitrogens is 3. The SMILES string of the molecule is Cc1nc(NC(Cc2ccccc2)C(=O)O)c2nc(C)oc2n1. The summed E-state index contributed by atoms with van der Waals surface area (Å²) in [6.07, 6.45) is 0.331. The molecular weight excluding hydrogens is 296 g/mol. The normalized spacial score (nSPS) is 12.3. The smallest absolute Gasteiger partial charge is 0.326 e. The molecule has 3 aromatic rings. The van der Waals surface area contributed by atoms with Crippen LogP contribution in [0.1, 0.15) is 17.3 Å². The standard InChI is InChI=1S/C16H16N4O3/c1-9-17-14(13-15(18-9)23-10(2)19-13)20-12(16(21)22)8-11-6-4-3-5-7-11/h3-7,12H,8H2,1-2H3,(H,21,22)(H,17,18,20). The van der Waals surface area contributed by atoms with Crippen molar-refractivity contribution in [2.75, 3.05) is 5.32 Å². The van der Waals surface area contributed by atoms with Crippen LogP contribution >= 0.6 is 0 Å². The minimum atomic E-state index is -0.960. The van der Waals surface area contributed by atoms with E-state index in [1.807, 2.05) is 30.3 Å². The molecule has 2 aromatic heterocycles. The summed E-state index contributed by atoms with van der Waals surface area (Å²) in [6.45, 7) is 3.43. The van der Waals surface area contributed by atoms with Gasteiger partial charge in [0, 0.05) is 13.3 Å². The van der Waals surface area contributed by atoms with Gasteiger partial charge in [0.15, 0.2) is 17.2 Å². The number of aryl methyl sites for hydroxylation is 2. The van der Waals surface area contributed by atoms with E-state index in [2.05, 4.69) is 20.3 Å². The fraction of sp³-hybridized carbons (Fsp3) is 0.250. The predicted molar refractivity (Wildman–Crippen MR) is 84.3 cm³/mol. The zero-order valence-electron chi connectivity index (χ0n) is 12.8. The van der Waals surface area contributed by atoms with Crippen molar-refractivity contribution in [1.29, 1.82) is 0 Å². The number of benzene rings is 1. The Morgan fingerprint density at radius 3 is 2.65 bits per heavy atom. The third-order valence-corrected chi connectivity index (χ3v) is 3.37. The number of rotatable bonds is 5. The van der Waals surface area contributed by atoms with Gasteiger partial charge in [-0.3, -0.25) is 0 Å². The van der Waals surface area contributed by atoms with Gasteiger partial charge in [-0.15, -0.1) is 0 Å². The maximum atomic E-state index is 11.6. The molecule has 1 atom stereocenters. The molecule has 1 unspecified atom stereocenters. The number of oxazole rings is 1. The Morgan fingerprint density at radius 2 is 1.96 bits per heavy atom. The molecule has 0 bridgehead atoms. The second-order valence-electron chi connectivity index (χ2n) is 5.23. The van der Waals surface area contributed by atoms with Crippen molar-refractivity contribution in [2.24, 2.45) is 0 Å². The summed E-state index contributed by atoms with van der Waals surface area (Å²) >= 11 is 0. The summed E-state index contributed by atoms with van der Waals surface area (Å²) < 4.78 is 5.40. The van der Waals surface area contributed by atoms with E-state index in [0.717, 1.165) is 5.56 Å². The first-order chi connectivity index (χ1) is 11.0. The van der Waals surface area contributed by atoms with Crippen LogP contribution in [0.3, 0.4) is 0 Å². The molecular formula is C16H16N4O3. The molecule has 0 radical (unpaired) electrons. The summed E-state index contributed by atoms with van der Waals surface area (Å²) in [7, 11) is 0. The lowest BCUT2D eigenvalue weighted by Crippen LogP contribution is -2.32. The van der Waals surface area contributed by atoms with Gasteiger partial charge in [0.25, 0.3) is 5.71 Å². The number of hydrogen-bond donors (Lipinski definition) is 2. The largest absolute Gasteiger partial charge is 0.480 e. The fourth-order valence-electron chi connectivity index (χ4n) is 2.35. The Bertz CT molecular complexity index is 845. The Kier molecular flexibility index (Phi) is 3.92. The molecule has 7 heteroatoms. The van der Waals surface area contributed by atoms with Crippen molar-refractivity contribution in [2.45, 2.75) is 26.3 Å². The van der Waals surface area contributed by atoms with Crippen LogP contribution in [0.15, 0.2) is 34.7 Å². The number of aliphatic carboxylic acids is 1. The fourth-order valence-corrected chi connectivity index (χ4v) is 2.35. The van der Waals surface area contributed by atoms with Crippen molar-refractivity contribution in [3.05, 3.63) is 47.6 Å². The number of nitrogens with one attached hydrogen (secondary N) is 1. The first-order valence-corrected chi connectivity index (χ1v) is 7.18. The lowest BCUT2D eigenvalue weighted by atomic mass is 10.1.